The molecular weight excluding hydrogens is 565 g/mol. The van der Waals surface area contributed by atoms with E-state index in [4.69, 9.17) is 14.2 Å². The summed E-state index contributed by atoms with van der Waals surface area (Å²) in [6.45, 7) is 31.0. The molecule has 0 aromatic carbocycles. The van der Waals surface area contributed by atoms with Crippen molar-refractivity contribution in [3.05, 3.63) is 0 Å². The van der Waals surface area contributed by atoms with Crippen LogP contribution in [0, 0.1) is 76.3 Å². The average Bonchev–Trinajstić information content (AvgIpc) is 2.68. The van der Waals surface area contributed by atoms with E-state index in [-0.39, 0.29) is 76.3 Å². The first-order chi connectivity index (χ1) is 14.8. The van der Waals surface area contributed by atoms with Crippen LogP contribution in [-0.2, 0) is 14.2 Å². The summed E-state index contributed by atoms with van der Waals surface area (Å²) < 4.78 is 15.9. The van der Waals surface area contributed by atoms with E-state index in [2.05, 4.69) is 0 Å². The predicted molar refractivity (Wildman–Crippen MR) is 139 cm³/mol. The van der Waals surface area contributed by atoms with Gasteiger partial charge in [0.1, 0.15) is 0 Å². The molecule has 0 saturated heterocycles. The number of rotatable bonds is 12. The van der Waals surface area contributed by atoms with Crippen LogP contribution in [0.25, 0.3) is 0 Å². The second kappa shape index (κ2) is 20.1. The van der Waals surface area contributed by atoms with Gasteiger partial charge < -0.3 is 29.5 Å². The molecule has 0 spiro atoms. The van der Waals surface area contributed by atoms with Gasteiger partial charge in [-0.05, 0) is 20.8 Å². The van der Waals surface area contributed by atoms with Gasteiger partial charge in [-0.1, -0.05) is 83.1 Å². The smallest absolute Gasteiger partial charge is 0.169 e. The average molecular weight is 625 g/mol. The van der Waals surface area contributed by atoms with Crippen molar-refractivity contribution in [3.8, 4) is 0 Å². The van der Waals surface area contributed by atoms with Crippen LogP contribution in [-0.4, -0.2) is 52.5 Å². The second-order valence-corrected chi connectivity index (χ2v) is 10.5. The van der Waals surface area contributed by atoms with Crippen LogP contribution < -0.4 is 0 Å². The van der Waals surface area contributed by atoms with Gasteiger partial charge >= 0.3 is 0 Å². The summed E-state index contributed by atoms with van der Waals surface area (Å²) in [7, 11) is 0. The monoisotopic (exact) mass is 622 g/mol. The molecular formula is C27H60NdO6. The Morgan fingerprint density at radius 2 is 0.529 bits per heavy atom. The summed E-state index contributed by atoms with van der Waals surface area (Å²) in [4.78, 5) is 0. The van der Waals surface area contributed by atoms with E-state index in [1.807, 2.05) is 104 Å². The molecule has 6 nitrogen and oxygen atoms in total. The zero-order valence-electron chi connectivity index (χ0n) is 25.2. The van der Waals surface area contributed by atoms with Gasteiger partial charge in [0.05, 0.1) is 0 Å². The summed E-state index contributed by atoms with van der Waals surface area (Å²) in [6.07, 6.45) is 0. The number of aliphatic hydroxyl groups is 3. The van der Waals surface area contributed by atoms with Crippen LogP contribution in [0.1, 0.15) is 104 Å². The van der Waals surface area contributed by atoms with Crippen molar-refractivity contribution in [3.63, 3.8) is 0 Å². The van der Waals surface area contributed by atoms with Crippen molar-refractivity contribution in [2.45, 2.75) is 121 Å². The first kappa shape index (κ1) is 42.2. The SMILES string of the molecule is CCOC(O)(C(C)C)C(C)C.CCOC(O)(C(C)C)C(C)C.CCOC(O)(C(C)C)C(C)C.[Nd]. The molecule has 0 aromatic heterocycles. The molecule has 0 aliphatic rings. The van der Waals surface area contributed by atoms with Crippen molar-refractivity contribution in [1.29, 1.82) is 0 Å². The summed E-state index contributed by atoms with van der Waals surface area (Å²) in [5.74, 6) is -2.00. The molecule has 34 heavy (non-hydrogen) atoms. The molecule has 7 heteroatoms. The maximum atomic E-state index is 9.94. The molecule has 0 aromatic rings. The zero-order valence-corrected chi connectivity index (χ0v) is 28.4. The normalized spacial score (nSPS) is 12.7. The molecule has 0 rings (SSSR count). The summed E-state index contributed by atoms with van der Waals surface area (Å²) in [5.41, 5.74) is 0. The molecule has 0 aliphatic heterocycles. The van der Waals surface area contributed by atoms with Gasteiger partial charge in [-0.25, -0.2) is 0 Å². The number of hydrogen-bond donors (Lipinski definition) is 3. The minimum Gasteiger partial charge on any atom is -0.365 e. The number of hydrogen-bond acceptors (Lipinski definition) is 6. The van der Waals surface area contributed by atoms with E-state index in [9.17, 15) is 15.3 Å². The third kappa shape index (κ3) is 14.2. The zero-order chi connectivity index (χ0) is 27.2. The van der Waals surface area contributed by atoms with Crippen LogP contribution in [0.5, 0.6) is 0 Å². The van der Waals surface area contributed by atoms with Crippen molar-refractivity contribution in [1.82, 2.24) is 0 Å². The van der Waals surface area contributed by atoms with E-state index in [0.29, 0.717) is 19.8 Å². The Morgan fingerprint density at radius 3 is 0.559 bits per heavy atom. The predicted octanol–water partition coefficient (Wildman–Crippen LogP) is 6.07. The Balaban J connectivity index is -0.000000196. The van der Waals surface area contributed by atoms with Crippen LogP contribution in [0.15, 0.2) is 0 Å². The van der Waals surface area contributed by atoms with E-state index in [1.54, 1.807) is 0 Å². The molecule has 3 N–H and O–H groups in total. The maximum Gasteiger partial charge on any atom is 0.169 e. The first-order valence-electron chi connectivity index (χ1n) is 12.9. The van der Waals surface area contributed by atoms with Gasteiger partial charge in [0.2, 0.25) is 0 Å². The van der Waals surface area contributed by atoms with Crippen molar-refractivity contribution in [2.75, 3.05) is 19.8 Å². The Morgan fingerprint density at radius 1 is 0.412 bits per heavy atom. The third-order valence-electron chi connectivity index (χ3n) is 6.09. The molecule has 0 aliphatic carbocycles. The van der Waals surface area contributed by atoms with Crippen LogP contribution in [0.2, 0.25) is 0 Å². The number of ether oxygens (including phenoxy) is 3. The molecule has 0 radical (unpaired) electrons. The van der Waals surface area contributed by atoms with Gasteiger partial charge in [0, 0.05) is 96.2 Å². The molecule has 0 saturated carbocycles. The maximum absolute atomic E-state index is 9.94. The van der Waals surface area contributed by atoms with Crippen LogP contribution >= 0.6 is 0 Å². The van der Waals surface area contributed by atoms with E-state index in [0.717, 1.165) is 0 Å². The fraction of sp³-hybridized carbons (Fsp3) is 1.00. The Kier molecular flexibility index (Phi) is 25.0. The van der Waals surface area contributed by atoms with Crippen LogP contribution in [0.3, 0.4) is 0 Å². The van der Waals surface area contributed by atoms with Crippen molar-refractivity contribution >= 4 is 0 Å². The summed E-state index contributed by atoms with van der Waals surface area (Å²) >= 11 is 0. The van der Waals surface area contributed by atoms with Gasteiger partial charge in [-0.15, -0.1) is 0 Å². The molecule has 0 unspecified atom stereocenters. The molecule has 0 heterocycles. The Labute approximate surface area is 245 Å². The minimum atomic E-state index is -0.950. The van der Waals surface area contributed by atoms with Gasteiger partial charge in [-0.2, -0.15) is 0 Å². The standard InChI is InChI=1S/3C9H20O2.Nd/c3*1-6-11-9(10,7(2)3)8(4)5;/h3*7-8,10H,6H2,1-5H3;. The van der Waals surface area contributed by atoms with Gasteiger partial charge in [-0.3, -0.25) is 0 Å². The molecule has 0 amide bonds. The minimum absolute atomic E-state index is 0. The molecule has 0 fully saturated rings. The van der Waals surface area contributed by atoms with Gasteiger partial charge in [0.15, 0.2) is 17.4 Å². The summed E-state index contributed by atoms with van der Waals surface area (Å²) in [5, 5.41) is 29.8. The molecule has 208 valence electrons. The fourth-order valence-electron chi connectivity index (χ4n) is 3.69. The fourth-order valence-corrected chi connectivity index (χ4v) is 3.69. The Hall–Kier alpha value is 1.11. The quantitative estimate of drug-likeness (QED) is 0.229. The first-order valence-corrected chi connectivity index (χ1v) is 12.9. The topological polar surface area (TPSA) is 88.4 Å². The van der Waals surface area contributed by atoms with E-state index < -0.39 is 17.4 Å². The third-order valence-corrected chi connectivity index (χ3v) is 6.09. The summed E-state index contributed by atoms with van der Waals surface area (Å²) in [6, 6.07) is 0. The van der Waals surface area contributed by atoms with Gasteiger partial charge in [0.25, 0.3) is 0 Å². The second-order valence-electron chi connectivity index (χ2n) is 10.5. The van der Waals surface area contributed by atoms with Crippen LogP contribution in [0.4, 0.5) is 0 Å². The van der Waals surface area contributed by atoms with Crippen molar-refractivity contribution in [2.24, 2.45) is 35.5 Å². The Bertz CT molecular complexity index is 373. The van der Waals surface area contributed by atoms with E-state index in [1.165, 1.54) is 0 Å². The molecule has 0 atom stereocenters. The van der Waals surface area contributed by atoms with E-state index >= 15 is 0 Å². The largest absolute Gasteiger partial charge is 0.365 e. The molecule has 0 bridgehead atoms. The van der Waals surface area contributed by atoms with Crippen molar-refractivity contribution < 1.29 is 70.4 Å².